The molecule has 2 heterocycles. The van der Waals surface area contributed by atoms with Gasteiger partial charge in [0.25, 0.3) is 0 Å². The first-order valence-electron chi connectivity index (χ1n) is 9.30. The first-order valence-corrected chi connectivity index (χ1v) is 9.30. The fraction of sp³-hybridized carbons (Fsp3) is 0.476. The van der Waals surface area contributed by atoms with Crippen molar-refractivity contribution in [3.8, 4) is 5.75 Å². The quantitative estimate of drug-likeness (QED) is 0.863. The zero-order valence-corrected chi connectivity index (χ0v) is 16.0. The number of aryl methyl sites for hydroxylation is 2. The summed E-state index contributed by atoms with van der Waals surface area (Å²) < 4.78 is 5.95. The molecular formula is C21H29N3O2. The highest BCUT2D eigenvalue weighted by atomic mass is 16.5. The minimum atomic E-state index is -0.490. The van der Waals surface area contributed by atoms with Crippen LogP contribution in [0.5, 0.6) is 5.75 Å². The maximum absolute atomic E-state index is 10.4. The molecule has 3 rings (SSSR count). The molecule has 1 unspecified atom stereocenters. The molecule has 0 radical (unpaired) electrons. The Kier molecular flexibility index (Phi) is 6.12. The van der Waals surface area contributed by atoms with Gasteiger partial charge >= 0.3 is 0 Å². The Labute approximate surface area is 156 Å². The average Bonchev–Trinajstić information content (AvgIpc) is 2.66. The van der Waals surface area contributed by atoms with Crippen molar-refractivity contribution in [2.45, 2.75) is 26.9 Å². The van der Waals surface area contributed by atoms with Crippen LogP contribution in [0.1, 0.15) is 16.7 Å². The number of aliphatic hydroxyl groups excluding tert-OH is 1. The summed E-state index contributed by atoms with van der Waals surface area (Å²) in [4.78, 5) is 9.00. The lowest BCUT2D eigenvalue weighted by molar-refractivity contribution is 0.0658. The van der Waals surface area contributed by atoms with Crippen molar-refractivity contribution < 1.29 is 9.84 Å². The number of rotatable bonds is 6. The molecule has 1 aromatic heterocycles. The van der Waals surface area contributed by atoms with Crippen LogP contribution in [-0.2, 0) is 0 Å². The summed E-state index contributed by atoms with van der Waals surface area (Å²) in [5.41, 5.74) is 3.48. The van der Waals surface area contributed by atoms with Crippen LogP contribution in [0.2, 0.25) is 0 Å². The van der Waals surface area contributed by atoms with Crippen LogP contribution in [-0.4, -0.2) is 60.4 Å². The SMILES string of the molecule is Cc1ccc(C)c(OCC(O)CN2CCN(c3ccccn3)CC2)c1C. The van der Waals surface area contributed by atoms with Gasteiger partial charge in [0.05, 0.1) is 0 Å². The van der Waals surface area contributed by atoms with Crippen molar-refractivity contribution >= 4 is 5.82 Å². The number of aliphatic hydroxyl groups is 1. The minimum absolute atomic E-state index is 0.325. The molecule has 1 aliphatic rings. The molecule has 2 aromatic rings. The number of ether oxygens (including phenoxy) is 1. The lowest BCUT2D eigenvalue weighted by atomic mass is 10.1. The lowest BCUT2D eigenvalue weighted by Gasteiger charge is -2.36. The van der Waals surface area contributed by atoms with Crippen LogP contribution in [0.25, 0.3) is 0 Å². The van der Waals surface area contributed by atoms with Crippen molar-refractivity contribution in [1.82, 2.24) is 9.88 Å². The normalized spacial score (nSPS) is 16.5. The van der Waals surface area contributed by atoms with Gasteiger partial charge in [0, 0.05) is 38.9 Å². The molecule has 1 N–H and O–H groups in total. The summed E-state index contributed by atoms with van der Waals surface area (Å²) in [5, 5.41) is 10.4. The molecule has 1 atom stereocenters. The molecule has 140 valence electrons. The molecule has 1 aliphatic heterocycles. The monoisotopic (exact) mass is 355 g/mol. The van der Waals surface area contributed by atoms with Crippen LogP contribution in [0.3, 0.4) is 0 Å². The Balaban J connectivity index is 1.46. The molecule has 0 saturated carbocycles. The topological polar surface area (TPSA) is 48.8 Å². The molecule has 1 saturated heterocycles. The molecular weight excluding hydrogens is 326 g/mol. The van der Waals surface area contributed by atoms with E-state index in [4.69, 9.17) is 4.74 Å². The molecule has 0 spiro atoms. The fourth-order valence-electron chi connectivity index (χ4n) is 3.38. The molecule has 5 heteroatoms. The van der Waals surface area contributed by atoms with Gasteiger partial charge in [-0.15, -0.1) is 0 Å². The Morgan fingerprint density at radius 3 is 2.46 bits per heavy atom. The van der Waals surface area contributed by atoms with E-state index in [0.29, 0.717) is 13.2 Å². The van der Waals surface area contributed by atoms with Crippen LogP contribution in [0.4, 0.5) is 5.82 Å². The Morgan fingerprint density at radius 2 is 1.77 bits per heavy atom. The van der Waals surface area contributed by atoms with Gasteiger partial charge in [0.15, 0.2) is 0 Å². The zero-order chi connectivity index (χ0) is 18.5. The first-order chi connectivity index (χ1) is 12.5. The number of hydrogen-bond acceptors (Lipinski definition) is 5. The van der Waals surface area contributed by atoms with Gasteiger partial charge in [-0.25, -0.2) is 4.98 Å². The lowest BCUT2D eigenvalue weighted by Crippen LogP contribution is -2.49. The molecule has 1 aromatic carbocycles. The highest BCUT2D eigenvalue weighted by Gasteiger charge is 2.20. The van der Waals surface area contributed by atoms with Crippen molar-refractivity contribution in [1.29, 1.82) is 0 Å². The zero-order valence-electron chi connectivity index (χ0n) is 16.0. The maximum atomic E-state index is 10.4. The number of piperazine rings is 1. The van der Waals surface area contributed by atoms with E-state index in [9.17, 15) is 5.11 Å². The van der Waals surface area contributed by atoms with Crippen molar-refractivity contribution in [3.63, 3.8) is 0 Å². The minimum Gasteiger partial charge on any atom is -0.490 e. The predicted octanol–water partition coefficient (Wildman–Crippen LogP) is 2.57. The van der Waals surface area contributed by atoms with Gasteiger partial charge in [-0.05, 0) is 49.6 Å². The van der Waals surface area contributed by atoms with Gasteiger partial charge in [0.2, 0.25) is 0 Å². The summed E-state index contributed by atoms with van der Waals surface area (Å²) in [5.74, 6) is 1.94. The number of β-amino-alcohol motifs (C(OH)–C–C–N with tert-alkyl or cyclic N) is 1. The summed E-state index contributed by atoms with van der Waals surface area (Å²) in [7, 11) is 0. The van der Waals surface area contributed by atoms with Crippen LogP contribution in [0, 0.1) is 20.8 Å². The fourth-order valence-corrected chi connectivity index (χ4v) is 3.38. The molecule has 26 heavy (non-hydrogen) atoms. The van der Waals surface area contributed by atoms with Gasteiger partial charge < -0.3 is 14.7 Å². The molecule has 0 bridgehead atoms. The van der Waals surface area contributed by atoms with E-state index in [1.165, 1.54) is 5.56 Å². The van der Waals surface area contributed by atoms with Gasteiger partial charge in [-0.1, -0.05) is 18.2 Å². The van der Waals surface area contributed by atoms with E-state index in [0.717, 1.165) is 48.9 Å². The molecule has 0 amide bonds. The third kappa shape index (κ3) is 4.54. The standard InChI is InChI=1S/C21H29N3O2/c1-16-7-8-17(2)21(18(16)3)26-15-19(25)14-23-10-12-24(13-11-23)20-6-4-5-9-22-20/h4-9,19,25H,10-15H2,1-3H3. The number of aromatic nitrogens is 1. The van der Waals surface area contributed by atoms with E-state index in [1.807, 2.05) is 31.3 Å². The number of anilines is 1. The predicted molar refractivity (Wildman–Crippen MR) is 105 cm³/mol. The van der Waals surface area contributed by atoms with Crippen molar-refractivity contribution in [2.24, 2.45) is 0 Å². The van der Waals surface area contributed by atoms with E-state index in [1.54, 1.807) is 0 Å². The van der Waals surface area contributed by atoms with Crippen LogP contribution < -0.4 is 9.64 Å². The summed E-state index contributed by atoms with van der Waals surface area (Å²) in [6.45, 7) is 10.9. The second-order valence-corrected chi connectivity index (χ2v) is 7.09. The number of pyridine rings is 1. The summed E-state index contributed by atoms with van der Waals surface area (Å²) in [6.07, 6.45) is 1.34. The second-order valence-electron chi connectivity index (χ2n) is 7.09. The van der Waals surface area contributed by atoms with Crippen molar-refractivity contribution in [3.05, 3.63) is 53.2 Å². The van der Waals surface area contributed by atoms with Gasteiger partial charge in [-0.2, -0.15) is 0 Å². The number of nitrogens with zero attached hydrogens (tertiary/aromatic N) is 3. The highest BCUT2D eigenvalue weighted by molar-refractivity contribution is 5.44. The van der Waals surface area contributed by atoms with Crippen molar-refractivity contribution in [2.75, 3.05) is 44.2 Å². The Hall–Kier alpha value is -2.11. The largest absolute Gasteiger partial charge is 0.490 e. The Morgan fingerprint density at radius 1 is 1.04 bits per heavy atom. The highest BCUT2D eigenvalue weighted by Crippen LogP contribution is 2.25. The number of benzene rings is 1. The van der Waals surface area contributed by atoms with E-state index < -0.39 is 6.10 Å². The number of hydrogen-bond donors (Lipinski definition) is 1. The smallest absolute Gasteiger partial charge is 0.128 e. The van der Waals surface area contributed by atoms with Gasteiger partial charge in [-0.3, -0.25) is 4.90 Å². The molecule has 0 aliphatic carbocycles. The van der Waals surface area contributed by atoms with Crippen LogP contribution >= 0.6 is 0 Å². The van der Waals surface area contributed by atoms with Gasteiger partial charge in [0.1, 0.15) is 24.3 Å². The average molecular weight is 355 g/mol. The Bertz CT molecular complexity index is 713. The van der Waals surface area contributed by atoms with E-state index in [-0.39, 0.29) is 0 Å². The van der Waals surface area contributed by atoms with Crippen LogP contribution in [0.15, 0.2) is 36.5 Å². The molecule has 1 fully saturated rings. The third-order valence-corrected chi connectivity index (χ3v) is 5.11. The maximum Gasteiger partial charge on any atom is 0.128 e. The third-order valence-electron chi connectivity index (χ3n) is 5.11. The second kappa shape index (κ2) is 8.52. The van der Waals surface area contributed by atoms with E-state index in [2.05, 4.69) is 40.8 Å². The summed E-state index contributed by atoms with van der Waals surface area (Å²) in [6, 6.07) is 10.2. The first kappa shape index (κ1) is 18.7. The summed E-state index contributed by atoms with van der Waals surface area (Å²) >= 11 is 0. The van der Waals surface area contributed by atoms with E-state index >= 15 is 0 Å². The molecule has 5 nitrogen and oxygen atoms in total.